The van der Waals surface area contributed by atoms with Gasteiger partial charge in [0.05, 0.1) is 12.2 Å². The maximum atomic E-state index is 6.14. The van der Waals surface area contributed by atoms with Crippen LogP contribution in [0.5, 0.6) is 0 Å². The first-order valence-corrected chi connectivity index (χ1v) is 7.73. The van der Waals surface area contributed by atoms with E-state index < -0.39 is 0 Å². The number of anilines is 1. The van der Waals surface area contributed by atoms with E-state index in [1.165, 1.54) is 11.3 Å². The summed E-state index contributed by atoms with van der Waals surface area (Å²) in [5.74, 6) is 0. The summed E-state index contributed by atoms with van der Waals surface area (Å²) in [6, 6.07) is 14.8. The molecule has 0 saturated carbocycles. The summed E-state index contributed by atoms with van der Waals surface area (Å²) in [4.78, 5) is 6.79. The topological polar surface area (TPSA) is 42.1 Å². The highest BCUT2D eigenvalue weighted by Crippen LogP contribution is 2.23. The molecule has 0 aliphatic carbocycles. The maximum Gasteiger partial charge on any atom is 0.0601 e. The highest BCUT2D eigenvalue weighted by atomic mass is 15.1. The third kappa shape index (κ3) is 4.30. The molecular weight excluding hydrogens is 258 g/mol. The highest BCUT2D eigenvalue weighted by Gasteiger charge is 2.12. The van der Waals surface area contributed by atoms with E-state index in [0.29, 0.717) is 0 Å². The van der Waals surface area contributed by atoms with Crippen molar-refractivity contribution in [2.75, 3.05) is 11.4 Å². The van der Waals surface area contributed by atoms with Gasteiger partial charge in [0.15, 0.2) is 0 Å². The molecule has 0 amide bonds. The summed E-state index contributed by atoms with van der Waals surface area (Å²) < 4.78 is 0. The molecule has 0 saturated heterocycles. The van der Waals surface area contributed by atoms with Crippen LogP contribution in [0.25, 0.3) is 0 Å². The number of pyridine rings is 1. The van der Waals surface area contributed by atoms with Crippen LogP contribution in [0.15, 0.2) is 48.7 Å². The summed E-state index contributed by atoms with van der Waals surface area (Å²) in [6.07, 6.45) is 3.77. The van der Waals surface area contributed by atoms with E-state index in [1.807, 2.05) is 18.3 Å². The van der Waals surface area contributed by atoms with Crippen LogP contribution in [0.3, 0.4) is 0 Å². The Kier molecular flexibility index (Phi) is 5.76. The number of nitrogens with zero attached hydrogens (tertiary/aromatic N) is 2. The molecule has 0 aliphatic rings. The number of benzene rings is 1. The molecule has 1 unspecified atom stereocenters. The maximum absolute atomic E-state index is 6.14. The van der Waals surface area contributed by atoms with E-state index >= 15 is 0 Å². The number of rotatable bonds is 7. The Bertz CT molecular complexity index is 539. The quantitative estimate of drug-likeness (QED) is 0.847. The van der Waals surface area contributed by atoms with E-state index in [0.717, 1.165) is 31.6 Å². The summed E-state index contributed by atoms with van der Waals surface area (Å²) in [5, 5.41) is 0. The van der Waals surface area contributed by atoms with Gasteiger partial charge < -0.3 is 10.6 Å². The lowest BCUT2D eigenvalue weighted by molar-refractivity contribution is 0.644. The van der Waals surface area contributed by atoms with Crippen LogP contribution >= 0.6 is 0 Å². The van der Waals surface area contributed by atoms with Crippen molar-refractivity contribution in [3.05, 3.63) is 59.9 Å². The molecule has 0 spiro atoms. The fourth-order valence-corrected chi connectivity index (χ4v) is 2.47. The van der Waals surface area contributed by atoms with Gasteiger partial charge in [0, 0.05) is 24.5 Å². The van der Waals surface area contributed by atoms with Gasteiger partial charge in [-0.2, -0.15) is 0 Å². The SMILES string of the molecule is CCC(N)Cc1ccccc1N(CC)Cc1ccccn1. The Morgan fingerprint density at radius 3 is 2.52 bits per heavy atom. The summed E-state index contributed by atoms with van der Waals surface area (Å²) >= 11 is 0. The number of hydrogen-bond donors (Lipinski definition) is 1. The van der Waals surface area contributed by atoms with E-state index in [2.05, 4.69) is 54.1 Å². The van der Waals surface area contributed by atoms with Crippen molar-refractivity contribution in [3.8, 4) is 0 Å². The first-order chi connectivity index (χ1) is 10.2. The average Bonchev–Trinajstić information content (AvgIpc) is 2.54. The first kappa shape index (κ1) is 15.5. The molecule has 0 bridgehead atoms. The molecule has 3 heteroatoms. The molecule has 21 heavy (non-hydrogen) atoms. The summed E-state index contributed by atoms with van der Waals surface area (Å²) in [7, 11) is 0. The summed E-state index contributed by atoms with van der Waals surface area (Å²) in [6.45, 7) is 6.10. The fourth-order valence-electron chi connectivity index (χ4n) is 2.47. The smallest absolute Gasteiger partial charge is 0.0601 e. The van der Waals surface area contributed by atoms with Gasteiger partial charge in [-0.1, -0.05) is 31.2 Å². The van der Waals surface area contributed by atoms with Crippen LogP contribution in [0.1, 0.15) is 31.5 Å². The van der Waals surface area contributed by atoms with Gasteiger partial charge in [0.1, 0.15) is 0 Å². The van der Waals surface area contributed by atoms with Crippen molar-refractivity contribution in [1.82, 2.24) is 4.98 Å². The number of para-hydroxylation sites is 1. The number of hydrogen-bond acceptors (Lipinski definition) is 3. The number of nitrogens with two attached hydrogens (primary N) is 1. The second-order valence-corrected chi connectivity index (χ2v) is 5.34. The van der Waals surface area contributed by atoms with Gasteiger partial charge in [0.2, 0.25) is 0 Å². The molecule has 112 valence electrons. The molecule has 3 nitrogen and oxygen atoms in total. The van der Waals surface area contributed by atoms with Crippen LogP contribution in [0, 0.1) is 0 Å². The zero-order valence-electron chi connectivity index (χ0n) is 13.0. The zero-order chi connectivity index (χ0) is 15.1. The Morgan fingerprint density at radius 2 is 1.86 bits per heavy atom. The minimum atomic E-state index is 0.222. The molecule has 2 N–H and O–H groups in total. The Hall–Kier alpha value is -1.87. The molecule has 1 aromatic heterocycles. The van der Waals surface area contributed by atoms with Crippen molar-refractivity contribution in [2.45, 2.75) is 39.3 Å². The monoisotopic (exact) mass is 283 g/mol. The van der Waals surface area contributed by atoms with Gasteiger partial charge in [-0.05, 0) is 43.5 Å². The molecule has 1 atom stereocenters. The lowest BCUT2D eigenvalue weighted by Gasteiger charge is -2.26. The van der Waals surface area contributed by atoms with E-state index in [4.69, 9.17) is 5.73 Å². The zero-order valence-corrected chi connectivity index (χ0v) is 13.0. The number of aromatic nitrogens is 1. The van der Waals surface area contributed by atoms with Gasteiger partial charge in [-0.25, -0.2) is 0 Å². The molecule has 0 aliphatic heterocycles. The van der Waals surface area contributed by atoms with Gasteiger partial charge >= 0.3 is 0 Å². The Balaban J connectivity index is 2.21. The van der Waals surface area contributed by atoms with Crippen molar-refractivity contribution in [3.63, 3.8) is 0 Å². The molecule has 2 rings (SSSR count). The Morgan fingerprint density at radius 1 is 1.10 bits per heavy atom. The molecule has 1 heterocycles. The van der Waals surface area contributed by atoms with Crippen LogP contribution in [-0.4, -0.2) is 17.6 Å². The second kappa shape index (κ2) is 7.79. The third-order valence-electron chi connectivity index (χ3n) is 3.80. The van der Waals surface area contributed by atoms with Gasteiger partial charge in [-0.3, -0.25) is 4.98 Å². The molecule has 0 fully saturated rings. The second-order valence-electron chi connectivity index (χ2n) is 5.34. The van der Waals surface area contributed by atoms with Crippen LogP contribution < -0.4 is 10.6 Å². The van der Waals surface area contributed by atoms with Crippen molar-refractivity contribution in [2.24, 2.45) is 5.73 Å². The van der Waals surface area contributed by atoms with E-state index in [1.54, 1.807) is 0 Å². The average molecular weight is 283 g/mol. The first-order valence-electron chi connectivity index (χ1n) is 7.73. The van der Waals surface area contributed by atoms with Crippen molar-refractivity contribution >= 4 is 5.69 Å². The molecular formula is C18H25N3. The fraction of sp³-hybridized carbons (Fsp3) is 0.389. The van der Waals surface area contributed by atoms with Crippen LogP contribution in [0.4, 0.5) is 5.69 Å². The van der Waals surface area contributed by atoms with E-state index in [9.17, 15) is 0 Å². The van der Waals surface area contributed by atoms with Crippen LogP contribution in [-0.2, 0) is 13.0 Å². The predicted octanol–water partition coefficient (Wildman–Crippen LogP) is 3.39. The van der Waals surface area contributed by atoms with Crippen molar-refractivity contribution in [1.29, 1.82) is 0 Å². The highest BCUT2D eigenvalue weighted by molar-refractivity contribution is 5.54. The molecule has 1 aromatic carbocycles. The van der Waals surface area contributed by atoms with Gasteiger partial charge in [-0.15, -0.1) is 0 Å². The third-order valence-corrected chi connectivity index (χ3v) is 3.80. The molecule has 0 radical (unpaired) electrons. The van der Waals surface area contributed by atoms with E-state index in [-0.39, 0.29) is 6.04 Å². The largest absolute Gasteiger partial charge is 0.366 e. The summed E-state index contributed by atoms with van der Waals surface area (Å²) in [5.41, 5.74) is 9.83. The minimum Gasteiger partial charge on any atom is -0.366 e. The van der Waals surface area contributed by atoms with Crippen LogP contribution in [0.2, 0.25) is 0 Å². The minimum absolute atomic E-state index is 0.222. The molecule has 2 aromatic rings. The lowest BCUT2D eigenvalue weighted by atomic mass is 10.0. The normalized spacial score (nSPS) is 12.1. The predicted molar refractivity (Wildman–Crippen MR) is 89.4 cm³/mol. The standard InChI is InChI=1S/C18H25N3/c1-3-16(19)13-15-9-5-6-11-18(15)21(4-2)14-17-10-7-8-12-20-17/h5-12,16H,3-4,13-14,19H2,1-2H3. The Labute approximate surface area is 127 Å². The van der Waals surface area contributed by atoms with Gasteiger partial charge in [0.25, 0.3) is 0 Å². The lowest BCUT2D eigenvalue weighted by Crippen LogP contribution is -2.26. The van der Waals surface area contributed by atoms with Crippen molar-refractivity contribution < 1.29 is 0 Å².